The van der Waals surface area contributed by atoms with Crippen molar-refractivity contribution >= 4 is 0 Å². The highest BCUT2D eigenvalue weighted by Gasteiger charge is 2.28. The van der Waals surface area contributed by atoms with Crippen molar-refractivity contribution in [2.24, 2.45) is 0 Å². The Kier molecular flexibility index (Phi) is 5.00. The second kappa shape index (κ2) is 6.53. The zero-order chi connectivity index (χ0) is 13.8. The van der Waals surface area contributed by atoms with E-state index in [0.29, 0.717) is 18.1 Å². The number of nitrogens with one attached hydrogen (secondary N) is 1. The molecular formula is C17H28N2. The van der Waals surface area contributed by atoms with Crippen LogP contribution < -0.4 is 5.32 Å². The standard InChI is InChI=1S/C17H28N2/c1-5-18-17-10-11-19(14(3)12-17)15(4)16-8-6-13(2)7-9-16/h6-9,14-15,17-18H,5,10-12H2,1-4H3. The number of hydrogen-bond donors (Lipinski definition) is 1. The normalized spacial score (nSPS) is 26.3. The summed E-state index contributed by atoms with van der Waals surface area (Å²) in [4.78, 5) is 2.65. The minimum atomic E-state index is 0.526. The molecule has 1 aliphatic rings. The van der Waals surface area contributed by atoms with Crippen LogP contribution in [0.15, 0.2) is 24.3 Å². The third-order valence-corrected chi connectivity index (χ3v) is 4.48. The van der Waals surface area contributed by atoms with E-state index in [4.69, 9.17) is 0 Å². The molecule has 0 aromatic heterocycles. The van der Waals surface area contributed by atoms with Crippen LogP contribution in [0.5, 0.6) is 0 Å². The van der Waals surface area contributed by atoms with Crippen molar-refractivity contribution in [2.75, 3.05) is 13.1 Å². The smallest absolute Gasteiger partial charge is 0.0322 e. The summed E-state index contributed by atoms with van der Waals surface area (Å²) in [5.74, 6) is 0. The third kappa shape index (κ3) is 3.58. The molecule has 0 spiro atoms. The van der Waals surface area contributed by atoms with Crippen LogP contribution in [-0.4, -0.2) is 30.1 Å². The van der Waals surface area contributed by atoms with Gasteiger partial charge in [-0.2, -0.15) is 0 Å². The fourth-order valence-corrected chi connectivity index (χ4v) is 3.28. The maximum absolute atomic E-state index is 3.59. The molecule has 0 amide bonds. The van der Waals surface area contributed by atoms with Crippen molar-refractivity contribution in [1.82, 2.24) is 10.2 Å². The van der Waals surface area contributed by atoms with Gasteiger partial charge in [0.15, 0.2) is 0 Å². The Morgan fingerprint density at radius 3 is 2.58 bits per heavy atom. The highest BCUT2D eigenvalue weighted by Crippen LogP contribution is 2.28. The maximum Gasteiger partial charge on any atom is 0.0322 e. The molecule has 2 nitrogen and oxygen atoms in total. The number of aryl methyl sites for hydroxylation is 1. The lowest BCUT2D eigenvalue weighted by Gasteiger charge is -2.41. The molecule has 3 unspecified atom stereocenters. The third-order valence-electron chi connectivity index (χ3n) is 4.48. The first-order valence-electron chi connectivity index (χ1n) is 7.67. The molecule has 1 fully saturated rings. The van der Waals surface area contributed by atoms with Crippen LogP contribution in [0.4, 0.5) is 0 Å². The van der Waals surface area contributed by atoms with Gasteiger partial charge >= 0.3 is 0 Å². The number of rotatable bonds is 4. The average molecular weight is 260 g/mol. The molecule has 0 bridgehead atoms. The molecule has 2 heteroatoms. The fourth-order valence-electron chi connectivity index (χ4n) is 3.28. The van der Waals surface area contributed by atoms with Gasteiger partial charge in [-0.3, -0.25) is 4.90 Å². The summed E-state index contributed by atoms with van der Waals surface area (Å²) in [5, 5.41) is 3.59. The van der Waals surface area contributed by atoms with Crippen molar-refractivity contribution in [1.29, 1.82) is 0 Å². The summed E-state index contributed by atoms with van der Waals surface area (Å²) in [6.07, 6.45) is 2.54. The van der Waals surface area contributed by atoms with E-state index in [9.17, 15) is 0 Å². The SMILES string of the molecule is CCNC1CCN(C(C)c2ccc(C)cc2)C(C)C1. The van der Waals surface area contributed by atoms with Crippen molar-refractivity contribution in [2.45, 2.75) is 58.7 Å². The van der Waals surface area contributed by atoms with Gasteiger partial charge in [0, 0.05) is 24.7 Å². The fraction of sp³-hybridized carbons (Fsp3) is 0.647. The van der Waals surface area contributed by atoms with Crippen LogP contribution in [-0.2, 0) is 0 Å². The number of nitrogens with zero attached hydrogens (tertiary/aromatic N) is 1. The number of benzene rings is 1. The van der Waals surface area contributed by atoms with Crippen LogP contribution >= 0.6 is 0 Å². The molecule has 1 heterocycles. The van der Waals surface area contributed by atoms with Gasteiger partial charge < -0.3 is 5.32 Å². The molecule has 3 atom stereocenters. The highest BCUT2D eigenvalue weighted by atomic mass is 15.2. The van der Waals surface area contributed by atoms with Crippen molar-refractivity contribution in [3.63, 3.8) is 0 Å². The zero-order valence-electron chi connectivity index (χ0n) is 12.8. The topological polar surface area (TPSA) is 15.3 Å². The van der Waals surface area contributed by atoms with Crippen LogP contribution in [0, 0.1) is 6.92 Å². The molecular weight excluding hydrogens is 232 g/mol. The van der Waals surface area contributed by atoms with Crippen molar-refractivity contribution < 1.29 is 0 Å². The van der Waals surface area contributed by atoms with E-state index in [0.717, 1.165) is 6.54 Å². The van der Waals surface area contributed by atoms with Crippen LogP contribution in [0.25, 0.3) is 0 Å². The van der Waals surface area contributed by atoms with Crippen LogP contribution in [0.3, 0.4) is 0 Å². The van der Waals surface area contributed by atoms with E-state index < -0.39 is 0 Å². The first kappa shape index (κ1) is 14.5. The van der Waals surface area contributed by atoms with E-state index in [-0.39, 0.29) is 0 Å². The second-order valence-corrected chi connectivity index (χ2v) is 5.95. The van der Waals surface area contributed by atoms with Crippen molar-refractivity contribution in [3.8, 4) is 0 Å². The second-order valence-electron chi connectivity index (χ2n) is 5.95. The summed E-state index contributed by atoms with van der Waals surface area (Å²) in [7, 11) is 0. The van der Waals surface area contributed by atoms with E-state index in [1.807, 2.05) is 0 Å². The molecule has 0 aliphatic carbocycles. The molecule has 1 saturated heterocycles. The Balaban J connectivity index is 2.00. The molecule has 106 valence electrons. The van der Waals surface area contributed by atoms with Crippen LogP contribution in [0.1, 0.15) is 50.8 Å². The Morgan fingerprint density at radius 2 is 2.00 bits per heavy atom. The monoisotopic (exact) mass is 260 g/mol. The predicted molar refractivity (Wildman–Crippen MR) is 82.5 cm³/mol. The first-order valence-corrected chi connectivity index (χ1v) is 7.67. The maximum atomic E-state index is 3.59. The first-order chi connectivity index (χ1) is 9.11. The summed E-state index contributed by atoms with van der Waals surface area (Å²) in [6, 6.07) is 10.9. The Bertz CT molecular complexity index is 385. The van der Waals surface area contributed by atoms with Gasteiger partial charge in [-0.1, -0.05) is 36.8 Å². The number of likely N-dealkylation sites (tertiary alicyclic amines) is 1. The molecule has 0 saturated carbocycles. The summed E-state index contributed by atoms with van der Waals surface area (Å²) in [5.41, 5.74) is 2.79. The minimum absolute atomic E-state index is 0.526. The zero-order valence-corrected chi connectivity index (χ0v) is 12.8. The van der Waals surface area contributed by atoms with E-state index in [1.165, 1.54) is 30.5 Å². The van der Waals surface area contributed by atoms with Gasteiger partial charge in [0.05, 0.1) is 0 Å². The van der Waals surface area contributed by atoms with Gasteiger partial charge in [-0.15, -0.1) is 0 Å². The number of hydrogen-bond acceptors (Lipinski definition) is 2. The summed E-state index contributed by atoms with van der Waals surface area (Å²) in [6.45, 7) is 11.4. The molecule has 1 aromatic rings. The summed E-state index contributed by atoms with van der Waals surface area (Å²) < 4.78 is 0. The predicted octanol–water partition coefficient (Wildman–Crippen LogP) is 3.52. The molecule has 1 aromatic carbocycles. The van der Waals surface area contributed by atoms with Gasteiger partial charge in [-0.05, 0) is 45.7 Å². The highest BCUT2D eigenvalue weighted by molar-refractivity contribution is 5.24. The lowest BCUT2D eigenvalue weighted by atomic mass is 9.94. The molecule has 1 aliphatic heterocycles. The lowest BCUT2D eigenvalue weighted by molar-refractivity contribution is 0.0960. The Hall–Kier alpha value is -0.860. The Labute approximate surface area is 118 Å². The Morgan fingerprint density at radius 1 is 1.32 bits per heavy atom. The number of piperidine rings is 1. The van der Waals surface area contributed by atoms with Gasteiger partial charge in [0.2, 0.25) is 0 Å². The van der Waals surface area contributed by atoms with E-state index in [2.05, 4.69) is 62.2 Å². The van der Waals surface area contributed by atoms with Gasteiger partial charge in [-0.25, -0.2) is 0 Å². The molecule has 19 heavy (non-hydrogen) atoms. The largest absolute Gasteiger partial charge is 0.314 e. The average Bonchev–Trinajstić information content (AvgIpc) is 2.39. The van der Waals surface area contributed by atoms with Gasteiger partial charge in [0.25, 0.3) is 0 Å². The van der Waals surface area contributed by atoms with Crippen LogP contribution in [0.2, 0.25) is 0 Å². The van der Waals surface area contributed by atoms with E-state index in [1.54, 1.807) is 0 Å². The molecule has 2 rings (SSSR count). The van der Waals surface area contributed by atoms with Gasteiger partial charge in [0.1, 0.15) is 0 Å². The quantitative estimate of drug-likeness (QED) is 0.891. The van der Waals surface area contributed by atoms with Crippen molar-refractivity contribution in [3.05, 3.63) is 35.4 Å². The lowest BCUT2D eigenvalue weighted by Crippen LogP contribution is -2.48. The molecule has 1 N–H and O–H groups in total. The molecule has 0 radical (unpaired) electrons. The summed E-state index contributed by atoms with van der Waals surface area (Å²) >= 11 is 0. The minimum Gasteiger partial charge on any atom is -0.314 e. The van der Waals surface area contributed by atoms with E-state index >= 15 is 0 Å².